The minimum atomic E-state index is -4.40. The van der Waals surface area contributed by atoms with Crippen molar-refractivity contribution in [3.05, 3.63) is 36.4 Å². The van der Waals surface area contributed by atoms with Gasteiger partial charge < -0.3 is 14.5 Å². The minimum Gasteiger partial charge on any atom is -0.474 e. The normalized spacial score (nSPS) is 19.0. The quantitative estimate of drug-likeness (QED) is 0.739. The monoisotopic (exact) mass is 421 g/mol. The van der Waals surface area contributed by atoms with Gasteiger partial charge in [-0.3, -0.25) is 4.98 Å². The number of hydrogen-bond donors (Lipinski definition) is 0. The molecule has 9 heteroatoms. The van der Waals surface area contributed by atoms with Crippen molar-refractivity contribution in [2.45, 2.75) is 45.4 Å². The third-order valence-electron chi connectivity index (χ3n) is 5.95. The maximum absolute atomic E-state index is 12.7. The lowest BCUT2D eigenvalue weighted by Gasteiger charge is -2.39. The molecule has 0 aromatic carbocycles. The predicted octanol–water partition coefficient (Wildman–Crippen LogP) is 4.17. The van der Waals surface area contributed by atoms with Crippen LogP contribution in [0.5, 0.6) is 5.88 Å². The van der Waals surface area contributed by atoms with E-state index in [1.165, 1.54) is 12.3 Å². The van der Waals surface area contributed by atoms with Crippen LogP contribution >= 0.6 is 0 Å². The van der Waals surface area contributed by atoms with Crippen LogP contribution in [0.3, 0.4) is 0 Å². The van der Waals surface area contributed by atoms with Crippen LogP contribution in [0, 0.1) is 5.41 Å². The summed E-state index contributed by atoms with van der Waals surface area (Å²) in [5.74, 6) is 1.36. The average molecular weight is 421 g/mol. The number of piperidine rings is 1. The molecule has 30 heavy (non-hydrogen) atoms. The molecule has 0 unspecified atom stereocenters. The summed E-state index contributed by atoms with van der Waals surface area (Å²) in [5.41, 5.74) is 0.0866. The molecule has 0 atom stereocenters. The summed E-state index contributed by atoms with van der Waals surface area (Å²) >= 11 is 0. The molecule has 2 aromatic rings. The molecular weight excluding hydrogens is 395 g/mol. The van der Waals surface area contributed by atoms with E-state index in [1.54, 1.807) is 12.4 Å². The SMILES string of the molecule is CC(C)Oc1cncc(N2CCC3(CCN(c4ccc(C(F)(F)F)nc4)C3)CC2)n1. The number of rotatable bonds is 4. The summed E-state index contributed by atoms with van der Waals surface area (Å²) in [5, 5.41) is 0. The first kappa shape index (κ1) is 20.7. The second kappa shape index (κ2) is 7.92. The van der Waals surface area contributed by atoms with Gasteiger partial charge in [0.15, 0.2) is 5.82 Å². The summed E-state index contributed by atoms with van der Waals surface area (Å²) in [6.07, 6.45) is 3.42. The van der Waals surface area contributed by atoms with Crippen LogP contribution in [0.15, 0.2) is 30.7 Å². The average Bonchev–Trinajstić information content (AvgIpc) is 3.11. The minimum absolute atomic E-state index is 0.0448. The fourth-order valence-electron chi connectivity index (χ4n) is 4.30. The molecule has 4 heterocycles. The Morgan fingerprint density at radius 3 is 2.30 bits per heavy atom. The smallest absolute Gasteiger partial charge is 0.433 e. The number of nitrogens with zero attached hydrogens (tertiary/aromatic N) is 5. The molecule has 6 nitrogen and oxygen atoms in total. The largest absolute Gasteiger partial charge is 0.474 e. The van der Waals surface area contributed by atoms with E-state index in [0.717, 1.165) is 63.0 Å². The molecule has 2 aliphatic rings. The first-order valence-electron chi connectivity index (χ1n) is 10.3. The van der Waals surface area contributed by atoms with Crippen molar-refractivity contribution in [2.75, 3.05) is 36.0 Å². The molecule has 2 aromatic heterocycles. The summed E-state index contributed by atoms with van der Waals surface area (Å²) in [6.45, 7) is 7.34. The highest BCUT2D eigenvalue weighted by molar-refractivity contribution is 5.47. The topological polar surface area (TPSA) is 54.4 Å². The molecule has 2 saturated heterocycles. The van der Waals surface area contributed by atoms with Crippen LogP contribution in [0.2, 0.25) is 0 Å². The van der Waals surface area contributed by atoms with E-state index in [1.807, 2.05) is 13.8 Å². The van der Waals surface area contributed by atoms with Gasteiger partial charge in [-0.05, 0) is 50.7 Å². The van der Waals surface area contributed by atoms with E-state index < -0.39 is 11.9 Å². The van der Waals surface area contributed by atoms with E-state index in [2.05, 4.69) is 24.8 Å². The highest BCUT2D eigenvalue weighted by atomic mass is 19.4. The number of hydrogen-bond acceptors (Lipinski definition) is 6. The number of pyridine rings is 1. The van der Waals surface area contributed by atoms with Crippen molar-refractivity contribution in [1.29, 1.82) is 0 Å². The van der Waals surface area contributed by atoms with Gasteiger partial charge in [-0.1, -0.05) is 0 Å². The second-order valence-electron chi connectivity index (χ2n) is 8.44. The molecular formula is C21H26F3N5O. The molecule has 0 amide bonds. The van der Waals surface area contributed by atoms with Crippen LogP contribution in [-0.2, 0) is 6.18 Å². The molecule has 0 bridgehead atoms. The third kappa shape index (κ3) is 4.44. The van der Waals surface area contributed by atoms with Crippen molar-refractivity contribution in [1.82, 2.24) is 15.0 Å². The maximum atomic E-state index is 12.7. The van der Waals surface area contributed by atoms with Gasteiger partial charge >= 0.3 is 6.18 Å². The Hall–Kier alpha value is -2.58. The summed E-state index contributed by atoms with van der Waals surface area (Å²) < 4.78 is 43.9. The van der Waals surface area contributed by atoms with Gasteiger partial charge in [0.05, 0.1) is 30.4 Å². The van der Waals surface area contributed by atoms with Crippen LogP contribution in [0.4, 0.5) is 24.7 Å². The van der Waals surface area contributed by atoms with Gasteiger partial charge in [0.25, 0.3) is 0 Å². The first-order chi connectivity index (χ1) is 14.2. The third-order valence-corrected chi connectivity index (χ3v) is 5.95. The van der Waals surface area contributed by atoms with Crippen LogP contribution in [0.1, 0.15) is 38.8 Å². The van der Waals surface area contributed by atoms with Gasteiger partial charge in [-0.25, -0.2) is 4.98 Å². The van der Waals surface area contributed by atoms with Gasteiger partial charge in [-0.2, -0.15) is 18.2 Å². The lowest BCUT2D eigenvalue weighted by Crippen LogP contribution is -2.42. The van der Waals surface area contributed by atoms with E-state index in [9.17, 15) is 13.2 Å². The molecule has 4 rings (SSSR count). The highest BCUT2D eigenvalue weighted by Crippen LogP contribution is 2.42. The summed E-state index contributed by atoms with van der Waals surface area (Å²) in [4.78, 5) is 16.8. The second-order valence-corrected chi connectivity index (χ2v) is 8.44. The zero-order chi connectivity index (χ0) is 21.4. The van der Waals surface area contributed by atoms with Gasteiger partial charge in [0.1, 0.15) is 5.69 Å². The van der Waals surface area contributed by atoms with Crippen molar-refractivity contribution in [3.8, 4) is 5.88 Å². The Labute approximate surface area is 174 Å². The Morgan fingerprint density at radius 1 is 1.00 bits per heavy atom. The Kier molecular flexibility index (Phi) is 5.46. The van der Waals surface area contributed by atoms with Crippen LogP contribution in [-0.4, -0.2) is 47.2 Å². The van der Waals surface area contributed by atoms with Crippen molar-refractivity contribution in [3.63, 3.8) is 0 Å². The van der Waals surface area contributed by atoms with Gasteiger partial charge in [0, 0.05) is 26.2 Å². The fourth-order valence-corrected chi connectivity index (χ4v) is 4.30. The zero-order valence-corrected chi connectivity index (χ0v) is 17.2. The van der Waals surface area contributed by atoms with Gasteiger partial charge in [-0.15, -0.1) is 0 Å². The molecule has 0 saturated carbocycles. The maximum Gasteiger partial charge on any atom is 0.433 e. The standard InChI is InChI=1S/C21H26F3N5O/c1-15(2)30-19-13-25-12-18(27-19)28-8-5-20(6-9-28)7-10-29(14-20)16-3-4-17(26-11-16)21(22,23)24/h3-4,11-13,15H,5-10,14H2,1-2H3. The van der Waals surface area contributed by atoms with Crippen LogP contribution < -0.4 is 14.5 Å². The molecule has 0 radical (unpaired) electrons. The molecule has 1 spiro atoms. The summed E-state index contributed by atoms with van der Waals surface area (Å²) in [6, 6.07) is 2.59. The number of aromatic nitrogens is 3. The number of ether oxygens (including phenoxy) is 1. The summed E-state index contributed by atoms with van der Waals surface area (Å²) in [7, 11) is 0. The number of anilines is 2. The van der Waals surface area contributed by atoms with Crippen LogP contribution in [0.25, 0.3) is 0 Å². The van der Waals surface area contributed by atoms with Crippen molar-refractivity contribution < 1.29 is 17.9 Å². The fraction of sp³-hybridized carbons (Fsp3) is 0.571. The molecule has 0 N–H and O–H groups in total. The molecule has 162 valence electrons. The molecule has 0 aliphatic carbocycles. The Morgan fingerprint density at radius 2 is 1.70 bits per heavy atom. The van der Waals surface area contributed by atoms with E-state index >= 15 is 0 Å². The lowest BCUT2D eigenvalue weighted by atomic mass is 9.78. The number of alkyl halides is 3. The van der Waals surface area contributed by atoms with E-state index in [4.69, 9.17) is 4.74 Å². The lowest BCUT2D eigenvalue weighted by molar-refractivity contribution is -0.141. The molecule has 2 fully saturated rings. The van der Waals surface area contributed by atoms with Gasteiger partial charge in [0.2, 0.25) is 5.88 Å². The predicted molar refractivity (Wildman–Crippen MR) is 108 cm³/mol. The highest BCUT2D eigenvalue weighted by Gasteiger charge is 2.41. The Bertz CT molecular complexity index is 864. The first-order valence-corrected chi connectivity index (χ1v) is 10.3. The van der Waals surface area contributed by atoms with E-state index in [0.29, 0.717) is 5.88 Å². The van der Waals surface area contributed by atoms with E-state index in [-0.39, 0.29) is 11.5 Å². The number of halogens is 3. The molecule has 2 aliphatic heterocycles. The zero-order valence-electron chi connectivity index (χ0n) is 17.2. The Balaban J connectivity index is 1.37. The van der Waals surface area contributed by atoms with Crippen molar-refractivity contribution in [2.24, 2.45) is 5.41 Å². The van der Waals surface area contributed by atoms with Crippen molar-refractivity contribution >= 4 is 11.5 Å².